The van der Waals surface area contributed by atoms with Crippen LogP contribution >= 0.6 is 0 Å². The number of aryl methyl sites for hydroxylation is 1. The summed E-state index contributed by atoms with van der Waals surface area (Å²) in [5.74, 6) is 0. The Morgan fingerprint density at radius 2 is 0.744 bits per heavy atom. The van der Waals surface area contributed by atoms with Gasteiger partial charge in [0.25, 0.3) is 0 Å². The first-order valence-electron chi connectivity index (χ1n) is 14.9. The lowest BCUT2D eigenvalue weighted by molar-refractivity contribution is 1.18. The Bertz CT molecular complexity index is 2480. The van der Waals surface area contributed by atoms with E-state index < -0.39 is 0 Å². The lowest BCUT2D eigenvalue weighted by Crippen LogP contribution is -1.97. The van der Waals surface area contributed by atoms with E-state index >= 15 is 0 Å². The van der Waals surface area contributed by atoms with Crippen molar-refractivity contribution in [2.24, 2.45) is 0 Å². The van der Waals surface area contributed by atoms with E-state index in [1.165, 1.54) is 76.8 Å². The van der Waals surface area contributed by atoms with Crippen LogP contribution in [0.4, 0.5) is 0 Å². The summed E-state index contributed by atoms with van der Waals surface area (Å²) in [5, 5.41) is 7.67. The molecule has 0 atom stereocenters. The number of nitrogens with zero attached hydrogens (tertiary/aromatic N) is 2. The molecule has 0 N–H and O–H groups in total. The smallest absolute Gasteiger partial charge is 0.0627 e. The normalized spacial score (nSPS) is 11.8. The molecule has 0 radical (unpaired) electrons. The molecule has 0 unspecified atom stereocenters. The Morgan fingerprint density at radius 1 is 0.349 bits per heavy atom. The topological polar surface area (TPSA) is 9.86 Å². The summed E-state index contributed by atoms with van der Waals surface area (Å²) in [5.41, 5.74) is 11.0. The van der Waals surface area contributed by atoms with Crippen LogP contribution in [0.15, 0.2) is 152 Å². The predicted molar refractivity (Wildman–Crippen MR) is 183 cm³/mol. The van der Waals surface area contributed by atoms with E-state index in [0.717, 1.165) is 5.69 Å². The maximum Gasteiger partial charge on any atom is 0.0627 e. The number of hydrogen-bond acceptors (Lipinski definition) is 0. The summed E-state index contributed by atoms with van der Waals surface area (Å²) in [4.78, 5) is 0. The molecule has 0 fully saturated rings. The minimum Gasteiger partial charge on any atom is -0.309 e. The van der Waals surface area contributed by atoms with Gasteiger partial charge in [-0.3, -0.25) is 0 Å². The van der Waals surface area contributed by atoms with Crippen LogP contribution in [0.2, 0.25) is 0 Å². The molecule has 0 spiro atoms. The van der Waals surface area contributed by atoms with Crippen molar-refractivity contribution in [3.63, 3.8) is 0 Å². The summed E-state index contributed by atoms with van der Waals surface area (Å²) in [6, 6.07) is 55.2. The maximum atomic E-state index is 2.47. The van der Waals surface area contributed by atoms with Gasteiger partial charge in [-0.2, -0.15) is 0 Å². The Labute approximate surface area is 249 Å². The summed E-state index contributed by atoms with van der Waals surface area (Å²) in [6.07, 6.45) is 0. The van der Waals surface area contributed by atoms with Gasteiger partial charge in [-0.05, 0) is 54.4 Å². The fourth-order valence-corrected chi connectivity index (χ4v) is 7.06. The maximum absolute atomic E-state index is 2.47. The van der Waals surface area contributed by atoms with Gasteiger partial charge in [-0.1, -0.05) is 121 Å². The van der Waals surface area contributed by atoms with Crippen molar-refractivity contribution < 1.29 is 0 Å². The van der Waals surface area contributed by atoms with E-state index in [4.69, 9.17) is 0 Å². The molecular weight excluding hydrogens is 520 g/mol. The zero-order valence-electron chi connectivity index (χ0n) is 23.8. The Hall–Kier alpha value is -5.60. The molecule has 9 aromatic rings. The van der Waals surface area contributed by atoms with Crippen LogP contribution in [-0.4, -0.2) is 9.13 Å². The molecule has 9 rings (SSSR count). The van der Waals surface area contributed by atoms with Crippen molar-refractivity contribution in [2.45, 2.75) is 6.92 Å². The lowest BCUT2D eigenvalue weighted by atomic mass is 9.99. The average molecular weight is 549 g/mol. The number of fused-ring (bicyclic) bond motifs is 10. The summed E-state index contributed by atoms with van der Waals surface area (Å²) in [7, 11) is 0. The first-order valence-corrected chi connectivity index (χ1v) is 14.9. The van der Waals surface area contributed by atoms with Gasteiger partial charge in [0.2, 0.25) is 0 Å². The van der Waals surface area contributed by atoms with Gasteiger partial charge in [0.05, 0.1) is 22.1 Å². The summed E-state index contributed by atoms with van der Waals surface area (Å²) < 4.78 is 4.94. The molecule has 0 aliphatic carbocycles. The van der Waals surface area contributed by atoms with Crippen LogP contribution in [0.3, 0.4) is 0 Å². The van der Waals surface area contributed by atoms with Crippen LogP contribution in [-0.2, 0) is 0 Å². The number of benzene rings is 7. The zero-order chi connectivity index (χ0) is 28.5. The van der Waals surface area contributed by atoms with Crippen LogP contribution in [0.25, 0.3) is 76.9 Å². The summed E-state index contributed by atoms with van der Waals surface area (Å²) >= 11 is 0. The Morgan fingerprint density at radius 3 is 1.26 bits per heavy atom. The van der Waals surface area contributed by atoms with Gasteiger partial charge < -0.3 is 9.13 Å². The van der Waals surface area contributed by atoms with E-state index in [9.17, 15) is 0 Å². The van der Waals surface area contributed by atoms with Crippen molar-refractivity contribution in [3.05, 3.63) is 157 Å². The van der Waals surface area contributed by atoms with Gasteiger partial charge in [0.1, 0.15) is 0 Å². The molecule has 0 amide bonds. The van der Waals surface area contributed by atoms with E-state index in [0.29, 0.717) is 0 Å². The fraction of sp³-hybridized carbons (Fsp3) is 0.0244. The number of rotatable bonds is 3. The molecule has 0 aliphatic rings. The molecule has 0 bridgehead atoms. The molecule has 2 heteroatoms. The third kappa shape index (κ3) is 3.47. The SMILES string of the molecule is Cc1ccc(-n2c3ccccc3c3c4c5ccccc5n(-c5ccc(-c6ccccc6)cc5)c4c4ccccc4c32)cc1. The van der Waals surface area contributed by atoms with Gasteiger partial charge >= 0.3 is 0 Å². The van der Waals surface area contributed by atoms with E-state index in [-0.39, 0.29) is 0 Å². The minimum atomic E-state index is 1.16. The van der Waals surface area contributed by atoms with E-state index in [2.05, 4.69) is 168 Å². The van der Waals surface area contributed by atoms with Crippen molar-refractivity contribution in [3.8, 4) is 22.5 Å². The second-order valence-corrected chi connectivity index (χ2v) is 11.4. The highest BCUT2D eigenvalue weighted by atomic mass is 15.0. The monoisotopic (exact) mass is 548 g/mol. The molecule has 0 aliphatic heterocycles. The highest BCUT2D eigenvalue weighted by Crippen LogP contribution is 2.46. The quantitative estimate of drug-likeness (QED) is 0.208. The van der Waals surface area contributed by atoms with Crippen LogP contribution in [0.1, 0.15) is 5.56 Å². The molecule has 2 nitrogen and oxygen atoms in total. The second kappa shape index (κ2) is 9.20. The number of para-hydroxylation sites is 2. The average Bonchev–Trinajstić information content (AvgIpc) is 3.60. The van der Waals surface area contributed by atoms with Crippen molar-refractivity contribution >= 4 is 54.4 Å². The van der Waals surface area contributed by atoms with E-state index in [1.54, 1.807) is 0 Å². The Kier molecular flexibility index (Phi) is 5.15. The third-order valence-corrected chi connectivity index (χ3v) is 8.96. The first-order chi connectivity index (χ1) is 21.3. The van der Waals surface area contributed by atoms with Crippen molar-refractivity contribution in [1.82, 2.24) is 9.13 Å². The predicted octanol–water partition coefficient (Wildman–Crippen LogP) is 11.0. The summed E-state index contributed by atoms with van der Waals surface area (Å²) in [6.45, 7) is 2.15. The lowest BCUT2D eigenvalue weighted by Gasteiger charge is -2.14. The van der Waals surface area contributed by atoms with Gasteiger partial charge in [0, 0.05) is 43.7 Å². The first kappa shape index (κ1) is 24.0. The molecule has 0 saturated heterocycles. The fourth-order valence-electron chi connectivity index (χ4n) is 7.06. The minimum absolute atomic E-state index is 1.16. The molecule has 2 heterocycles. The van der Waals surface area contributed by atoms with Crippen LogP contribution in [0, 0.1) is 6.92 Å². The van der Waals surface area contributed by atoms with Crippen LogP contribution < -0.4 is 0 Å². The molecule has 2 aromatic heterocycles. The molecule has 7 aromatic carbocycles. The van der Waals surface area contributed by atoms with Gasteiger partial charge in [-0.25, -0.2) is 0 Å². The van der Waals surface area contributed by atoms with Gasteiger partial charge in [-0.15, -0.1) is 0 Å². The molecule has 0 saturated carbocycles. The Balaban J connectivity index is 1.47. The van der Waals surface area contributed by atoms with Crippen LogP contribution in [0.5, 0.6) is 0 Å². The van der Waals surface area contributed by atoms with Crippen molar-refractivity contribution in [2.75, 3.05) is 0 Å². The second-order valence-electron chi connectivity index (χ2n) is 11.4. The largest absolute Gasteiger partial charge is 0.309 e. The molecule has 43 heavy (non-hydrogen) atoms. The van der Waals surface area contributed by atoms with E-state index in [1.807, 2.05) is 0 Å². The van der Waals surface area contributed by atoms with Crippen molar-refractivity contribution in [1.29, 1.82) is 0 Å². The zero-order valence-corrected chi connectivity index (χ0v) is 23.8. The number of aromatic nitrogens is 2. The standard InChI is InChI=1S/C41H28N2/c1-27-19-23-30(24-20-27)42-36-17-9-7-15-34(36)38-39-35-16-8-10-18-37(35)43(41(39)33-14-6-5-13-32(33)40(38)42)31-25-21-29(22-26-31)28-11-3-2-4-12-28/h2-26H,1H3. The highest BCUT2D eigenvalue weighted by molar-refractivity contribution is 6.37. The highest BCUT2D eigenvalue weighted by Gasteiger charge is 2.23. The molecule has 202 valence electrons. The van der Waals surface area contributed by atoms with Gasteiger partial charge in [0.15, 0.2) is 0 Å². The third-order valence-electron chi connectivity index (χ3n) is 8.96. The molecular formula is C41H28N2. The number of hydrogen-bond donors (Lipinski definition) is 0.